The number of anilines is 1. The highest BCUT2D eigenvalue weighted by molar-refractivity contribution is 7.10. The van der Waals surface area contributed by atoms with Gasteiger partial charge in [0.25, 0.3) is 5.91 Å². The number of imide groups is 1. The lowest BCUT2D eigenvalue weighted by molar-refractivity contribution is -0.133. The number of carbonyl (C=O) groups excluding carboxylic acids is 4. The second-order valence-electron chi connectivity index (χ2n) is 6.03. The van der Waals surface area contributed by atoms with Crippen molar-refractivity contribution in [2.45, 2.75) is 19.4 Å². The van der Waals surface area contributed by atoms with Gasteiger partial charge in [-0.15, -0.1) is 5.10 Å². The lowest BCUT2D eigenvalue weighted by Gasteiger charge is -2.22. The first-order chi connectivity index (χ1) is 13.4. The molecule has 1 unspecified atom stereocenters. The van der Waals surface area contributed by atoms with Gasteiger partial charge in [0, 0.05) is 11.5 Å². The largest absolute Gasteiger partial charge is 0.461 e. The van der Waals surface area contributed by atoms with Gasteiger partial charge in [0.1, 0.15) is 12.1 Å². The van der Waals surface area contributed by atoms with Gasteiger partial charge in [-0.25, -0.2) is 9.59 Å². The van der Waals surface area contributed by atoms with E-state index in [1.54, 1.807) is 44.2 Å². The van der Waals surface area contributed by atoms with Gasteiger partial charge in [-0.1, -0.05) is 34.8 Å². The van der Waals surface area contributed by atoms with Crippen LogP contribution in [0.1, 0.15) is 29.9 Å². The molecular formula is C17H17N5O5S. The molecule has 2 aromatic rings. The number of carbonyl (C=O) groups is 4. The van der Waals surface area contributed by atoms with E-state index in [0.29, 0.717) is 5.56 Å². The standard InChI is InChI=1S/C17H17N5O5S/c1-3-27-14(24)12-13(28-21-20-12)18-11(23)9-22-15(25)17(2,19-16(22)26)10-7-5-4-6-8-10/h4-8H,3,9H2,1-2H3,(H,18,23)(H,19,26). The minimum atomic E-state index is -1.26. The molecule has 3 rings (SSSR count). The van der Waals surface area contributed by atoms with Gasteiger partial charge in [0.05, 0.1) is 6.61 Å². The van der Waals surface area contributed by atoms with E-state index in [2.05, 4.69) is 20.2 Å². The maximum absolute atomic E-state index is 12.8. The Labute approximate surface area is 164 Å². The summed E-state index contributed by atoms with van der Waals surface area (Å²) in [6.45, 7) is 2.83. The average molecular weight is 403 g/mol. The quantitative estimate of drug-likeness (QED) is 0.546. The second-order valence-corrected chi connectivity index (χ2v) is 6.79. The predicted molar refractivity (Wildman–Crippen MR) is 98.5 cm³/mol. The van der Waals surface area contributed by atoms with E-state index in [1.807, 2.05) is 0 Å². The van der Waals surface area contributed by atoms with Crippen LogP contribution in [-0.4, -0.2) is 51.5 Å². The SMILES string of the molecule is CCOC(=O)c1nnsc1NC(=O)CN1C(=O)NC(C)(c2ccccc2)C1=O. The van der Waals surface area contributed by atoms with E-state index in [0.717, 1.165) is 16.4 Å². The van der Waals surface area contributed by atoms with Gasteiger partial charge in [0.15, 0.2) is 5.00 Å². The van der Waals surface area contributed by atoms with Crippen molar-refractivity contribution in [1.29, 1.82) is 0 Å². The first-order valence-corrected chi connectivity index (χ1v) is 9.13. The molecule has 11 heteroatoms. The molecule has 4 amide bonds. The molecule has 1 aromatic heterocycles. The number of esters is 1. The molecule has 1 aliphatic rings. The van der Waals surface area contributed by atoms with Crippen LogP contribution in [0.2, 0.25) is 0 Å². The topological polar surface area (TPSA) is 131 Å². The molecule has 2 heterocycles. The van der Waals surface area contributed by atoms with Gasteiger partial charge < -0.3 is 15.4 Å². The summed E-state index contributed by atoms with van der Waals surface area (Å²) in [7, 11) is 0. The number of amides is 4. The van der Waals surface area contributed by atoms with E-state index >= 15 is 0 Å². The highest BCUT2D eigenvalue weighted by atomic mass is 32.1. The summed E-state index contributed by atoms with van der Waals surface area (Å²) in [4.78, 5) is 50.1. The predicted octanol–water partition coefficient (Wildman–Crippen LogP) is 1.12. The summed E-state index contributed by atoms with van der Waals surface area (Å²) in [6.07, 6.45) is 0. The number of nitrogens with zero attached hydrogens (tertiary/aromatic N) is 3. The third-order valence-corrected chi connectivity index (χ3v) is 4.78. The molecule has 10 nitrogen and oxygen atoms in total. The number of aromatic nitrogens is 2. The van der Waals surface area contributed by atoms with E-state index in [4.69, 9.17) is 4.74 Å². The Balaban J connectivity index is 1.72. The van der Waals surface area contributed by atoms with Crippen molar-refractivity contribution in [3.63, 3.8) is 0 Å². The number of rotatable bonds is 6. The Morgan fingerprint density at radius 3 is 2.68 bits per heavy atom. The molecule has 0 spiro atoms. The lowest BCUT2D eigenvalue weighted by atomic mass is 9.92. The summed E-state index contributed by atoms with van der Waals surface area (Å²) >= 11 is 0.790. The van der Waals surface area contributed by atoms with Crippen LogP contribution in [0.3, 0.4) is 0 Å². The summed E-state index contributed by atoms with van der Waals surface area (Å²) in [5.74, 6) is -1.94. The fourth-order valence-electron chi connectivity index (χ4n) is 2.72. The number of nitrogens with one attached hydrogen (secondary N) is 2. The number of urea groups is 1. The van der Waals surface area contributed by atoms with E-state index in [-0.39, 0.29) is 17.3 Å². The third-order valence-electron chi connectivity index (χ3n) is 4.14. The van der Waals surface area contributed by atoms with Crippen LogP contribution in [0.5, 0.6) is 0 Å². The van der Waals surface area contributed by atoms with Crippen molar-refractivity contribution >= 4 is 40.3 Å². The van der Waals surface area contributed by atoms with Gasteiger partial charge >= 0.3 is 12.0 Å². The first kappa shape index (κ1) is 19.4. The Morgan fingerprint density at radius 1 is 1.29 bits per heavy atom. The molecule has 1 fully saturated rings. The lowest BCUT2D eigenvalue weighted by Crippen LogP contribution is -2.42. The number of ether oxygens (including phenoxy) is 1. The normalized spacial score (nSPS) is 18.7. The van der Waals surface area contributed by atoms with Gasteiger partial charge in [-0.3, -0.25) is 14.5 Å². The third kappa shape index (κ3) is 3.56. The molecule has 1 saturated heterocycles. The molecule has 146 valence electrons. The minimum absolute atomic E-state index is 0.0846. The van der Waals surface area contributed by atoms with Gasteiger partial charge in [0.2, 0.25) is 11.6 Å². The first-order valence-electron chi connectivity index (χ1n) is 8.35. The molecule has 0 bridgehead atoms. The van der Waals surface area contributed by atoms with Crippen LogP contribution in [0.4, 0.5) is 9.80 Å². The second kappa shape index (κ2) is 7.72. The van der Waals surface area contributed by atoms with E-state index in [1.165, 1.54) is 0 Å². The van der Waals surface area contributed by atoms with Crippen molar-refractivity contribution in [2.75, 3.05) is 18.5 Å². The molecule has 1 aromatic carbocycles. The van der Waals surface area contributed by atoms with E-state index in [9.17, 15) is 19.2 Å². The highest BCUT2D eigenvalue weighted by Crippen LogP contribution is 2.28. The maximum Gasteiger partial charge on any atom is 0.362 e. The van der Waals surface area contributed by atoms with E-state index < -0.39 is 35.9 Å². The van der Waals surface area contributed by atoms with Gasteiger partial charge in [-0.2, -0.15) is 0 Å². The molecular weight excluding hydrogens is 386 g/mol. The zero-order chi connectivity index (χ0) is 20.3. The van der Waals surface area contributed by atoms with Crippen molar-refractivity contribution in [1.82, 2.24) is 19.8 Å². The summed E-state index contributed by atoms with van der Waals surface area (Å²) in [6, 6.07) is 8.06. The number of hydrogen-bond acceptors (Lipinski definition) is 8. The Kier molecular flexibility index (Phi) is 5.36. The fraction of sp³-hybridized carbons (Fsp3) is 0.294. The Morgan fingerprint density at radius 2 is 2.00 bits per heavy atom. The molecule has 0 aliphatic carbocycles. The Bertz CT molecular complexity index is 931. The average Bonchev–Trinajstić information content (AvgIpc) is 3.21. The molecule has 1 aliphatic heterocycles. The molecule has 0 radical (unpaired) electrons. The minimum Gasteiger partial charge on any atom is -0.461 e. The smallest absolute Gasteiger partial charge is 0.362 e. The summed E-state index contributed by atoms with van der Waals surface area (Å²) in [5.41, 5.74) is -0.792. The molecule has 1 atom stereocenters. The van der Waals surface area contributed by atoms with Crippen LogP contribution < -0.4 is 10.6 Å². The molecule has 28 heavy (non-hydrogen) atoms. The van der Waals surface area contributed by atoms with Crippen LogP contribution in [-0.2, 0) is 19.9 Å². The summed E-state index contributed by atoms with van der Waals surface area (Å²) in [5, 5.41) is 8.78. The highest BCUT2D eigenvalue weighted by Gasteiger charge is 2.49. The zero-order valence-electron chi connectivity index (χ0n) is 15.1. The monoisotopic (exact) mass is 403 g/mol. The van der Waals surface area contributed by atoms with Crippen molar-refractivity contribution < 1.29 is 23.9 Å². The van der Waals surface area contributed by atoms with Crippen LogP contribution in [0.25, 0.3) is 0 Å². The molecule has 0 saturated carbocycles. The van der Waals surface area contributed by atoms with Crippen molar-refractivity contribution in [3.8, 4) is 0 Å². The number of benzene rings is 1. The maximum atomic E-state index is 12.8. The molecule has 2 N–H and O–H groups in total. The fourth-order valence-corrected chi connectivity index (χ4v) is 3.30. The van der Waals surface area contributed by atoms with Crippen molar-refractivity contribution in [2.24, 2.45) is 0 Å². The van der Waals surface area contributed by atoms with Crippen molar-refractivity contribution in [3.05, 3.63) is 41.6 Å². The van der Waals surface area contributed by atoms with Crippen LogP contribution >= 0.6 is 11.5 Å². The van der Waals surface area contributed by atoms with Crippen LogP contribution in [0, 0.1) is 0 Å². The Hall–Kier alpha value is -3.34. The summed E-state index contributed by atoms with van der Waals surface area (Å²) < 4.78 is 8.46. The van der Waals surface area contributed by atoms with Gasteiger partial charge in [-0.05, 0) is 19.4 Å². The van der Waals surface area contributed by atoms with Crippen LogP contribution in [0.15, 0.2) is 30.3 Å². The number of hydrogen-bond donors (Lipinski definition) is 2. The zero-order valence-corrected chi connectivity index (χ0v) is 15.9.